The van der Waals surface area contributed by atoms with Gasteiger partial charge in [0.1, 0.15) is 0 Å². The van der Waals surface area contributed by atoms with Gasteiger partial charge in [-0.2, -0.15) is 24.2 Å². The standard InChI is InChI=1S/C24H32F3N5O/c1-5-32-20-14-23(3,4)11-10-18(20)21(31-32)22(33-29)30-15(2)17-9-8-16(7-6-12-28)13-19(17)24(25,26)27/h8-9,13H,2,5-7,10-12,14,28-29H2,1,3-4H3/b30-22-. The highest BCUT2D eigenvalue weighted by molar-refractivity contribution is 5.97. The van der Waals surface area contributed by atoms with E-state index in [-0.39, 0.29) is 22.6 Å². The maximum Gasteiger partial charge on any atom is 0.417 e. The second-order valence-electron chi connectivity index (χ2n) is 9.18. The molecule has 1 aromatic carbocycles. The summed E-state index contributed by atoms with van der Waals surface area (Å²) in [5.41, 5.74) is 7.68. The van der Waals surface area contributed by atoms with Gasteiger partial charge in [0.25, 0.3) is 5.90 Å². The van der Waals surface area contributed by atoms with E-state index in [9.17, 15) is 13.2 Å². The van der Waals surface area contributed by atoms with Crippen LogP contribution in [-0.4, -0.2) is 22.2 Å². The molecule has 0 saturated carbocycles. The Hall–Kier alpha value is -2.65. The highest BCUT2D eigenvalue weighted by atomic mass is 19.4. The molecule has 0 spiro atoms. The van der Waals surface area contributed by atoms with E-state index in [4.69, 9.17) is 16.5 Å². The van der Waals surface area contributed by atoms with Crippen LogP contribution in [0.4, 0.5) is 13.2 Å². The van der Waals surface area contributed by atoms with Crippen LogP contribution in [0.3, 0.4) is 0 Å². The van der Waals surface area contributed by atoms with Crippen LogP contribution < -0.4 is 11.6 Å². The quantitative estimate of drug-likeness (QED) is 0.356. The molecule has 1 aliphatic carbocycles. The van der Waals surface area contributed by atoms with Crippen molar-refractivity contribution in [2.24, 2.45) is 22.0 Å². The van der Waals surface area contributed by atoms with Gasteiger partial charge in [0.2, 0.25) is 0 Å². The summed E-state index contributed by atoms with van der Waals surface area (Å²) in [6, 6.07) is 4.15. The van der Waals surface area contributed by atoms with E-state index in [1.807, 2.05) is 11.6 Å². The molecule has 1 aromatic heterocycles. The molecule has 180 valence electrons. The second kappa shape index (κ2) is 9.69. The van der Waals surface area contributed by atoms with Crippen molar-refractivity contribution in [1.29, 1.82) is 0 Å². The van der Waals surface area contributed by atoms with Crippen molar-refractivity contribution < 1.29 is 18.0 Å². The SMILES string of the molecule is C=C(/N=C(\ON)c1nn(CC)c2c1CCC(C)(C)C2)c1ccc(CCCN)cc1C(F)(F)F. The predicted molar refractivity (Wildman–Crippen MR) is 123 cm³/mol. The average Bonchev–Trinajstić information content (AvgIpc) is 3.11. The van der Waals surface area contributed by atoms with Gasteiger partial charge in [-0.1, -0.05) is 32.6 Å². The molecule has 0 saturated heterocycles. The van der Waals surface area contributed by atoms with Crippen LogP contribution in [0.15, 0.2) is 29.8 Å². The number of hydrogen-bond acceptors (Lipinski definition) is 5. The lowest BCUT2D eigenvalue weighted by molar-refractivity contribution is -0.137. The maximum absolute atomic E-state index is 13.8. The Morgan fingerprint density at radius 1 is 1.33 bits per heavy atom. The molecule has 6 nitrogen and oxygen atoms in total. The number of alkyl halides is 3. The number of aliphatic imine (C=N–C) groups is 1. The fourth-order valence-electron chi connectivity index (χ4n) is 4.29. The largest absolute Gasteiger partial charge is 0.417 e. The number of nitrogens with two attached hydrogens (primary N) is 2. The molecule has 0 amide bonds. The summed E-state index contributed by atoms with van der Waals surface area (Å²) in [6.07, 6.45) is -0.957. The Morgan fingerprint density at radius 2 is 2.06 bits per heavy atom. The number of nitrogens with zero attached hydrogens (tertiary/aromatic N) is 3. The Morgan fingerprint density at radius 3 is 2.67 bits per heavy atom. The van der Waals surface area contributed by atoms with E-state index in [2.05, 4.69) is 30.5 Å². The van der Waals surface area contributed by atoms with Gasteiger partial charge >= 0.3 is 6.18 Å². The second-order valence-corrected chi connectivity index (χ2v) is 9.18. The zero-order valence-electron chi connectivity index (χ0n) is 19.4. The molecule has 9 heteroatoms. The molecule has 0 radical (unpaired) electrons. The molecule has 0 aliphatic heterocycles. The molecule has 33 heavy (non-hydrogen) atoms. The van der Waals surface area contributed by atoms with Crippen molar-refractivity contribution in [3.63, 3.8) is 0 Å². The van der Waals surface area contributed by atoms with E-state index in [1.54, 1.807) is 6.07 Å². The number of hydrogen-bond donors (Lipinski definition) is 2. The Labute approximate surface area is 192 Å². The first-order valence-electron chi connectivity index (χ1n) is 11.1. The Bertz CT molecular complexity index is 1050. The molecule has 0 unspecified atom stereocenters. The van der Waals surface area contributed by atoms with Gasteiger partial charge in [-0.3, -0.25) is 4.68 Å². The summed E-state index contributed by atoms with van der Waals surface area (Å²) in [7, 11) is 0. The minimum Gasteiger partial charge on any atom is -0.389 e. The first-order chi connectivity index (χ1) is 15.5. The van der Waals surface area contributed by atoms with Gasteiger partial charge in [-0.05, 0) is 62.6 Å². The van der Waals surface area contributed by atoms with Gasteiger partial charge in [-0.25, -0.2) is 4.99 Å². The van der Waals surface area contributed by atoms with Crippen molar-refractivity contribution in [2.45, 2.75) is 65.6 Å². The van der Waals surface area contributed by atoms with E-state index in [0.717, 1.165) is 36.6 Å². The van der Waals surface area contributed by atoms with Crippen LogP contribution >= 0.6 is 0 Å². The summed E-state index contributed by atoms with van der Waals surface area (Å²) in [5.74, 6) is 5.48. The van der Waals surface area contributed by atoms with E-state index < -0.39 is 11.7 Å². The van der Waals surface area contributed by atoms with E-state index >= 15 is 0 Å². The zero-order valence-corrected chi connectivity index (χ0v) is 19.4. The Balaban J connectivity index is 2.03. The zero-order chi connectivity index (χ0) is 24.4. The first kappa shape index (κ1) is 25.0. The third-order valence-electron chi connectivity index (χ3n) is 6.08. The Kier molecular flexibility index (Phi) is 7.33. The maximum atomic E-state index is 13.8. The number of halogens is 3. The molecule has 1 aliphatic rings. The molecule has 4 N–H and O–H groups in total. The van der Waals surface area contributed by atoms with Crippen LogP contribution in [0.1, 0.15) is 67.3 Å². The van der Waals surface area contributed by atoms with Gasteiger partial charge in [-0.15, -0.1) is 0 Å². The molecule has 0 fully saturated rings. The monoisotopic (exact) mass is 463 g/mol. The fraction of sp³-hybridized carbons (Fsp3) is 0.500. The van der Waals surface area contributed by atoms with E-state index in [0.29, 0.717) is 37.2 Å². The van der Waals surface area contributed by atoms with Crippen LogP contribution in [0.5, 0.6) is 0 Å². The lowest BCUT2D eigenvalue weighted by Crippen LogP contribution is -2.24. The molecule has 0 bridgehead atoms. The minimum absolute atomic E-state index is 0.0384. The number of benzene rings is 1. The molecule has 2 aromatic rings. The summed E-state index contributed by atoms with van der Waals surface area (Å²) in [6.45, 7) is 11.2. The van der Waals surface area contributed by atoms with Gasteiger partial charge in [0, 0.05) is 23.4 Å². The average molecular weight is 464 g/mol. The van der Waals surface area contributed by atoms with Crippen molar-refractivity contribution in [1.82, 2.24) is 9.78 Å². The normalized spacial score (nSPS) is 15.9. The predicted octanol–water partition coefficient (Wildman–Crippen LogP) is 4.64. The number of rotatable bonds is 7. The smallest absolute Gasteiger partial charge is 0.389 e. The van der Waals surface area contributed by atoms with Crippen LogP contribution in [0.2, 0.25) is 0 Å². The fourth-order valence-corrected chi connectivity index (χ4v) is 4.29. The lowest BCUT2D eigenvalue weighted by atomic mass is 9.76. The molecular weight excluding hydrogens is 431 g/mol. The van der Waals surface area contributed by atoms with Crippen molar-refractivity contribution in [3.8, 4) is 0 Å². The van der Waals surface area contributed by atoms with Crippen LogP contribution in [0, 0.1) is 5.41 Å². The summed E-state index contributed by atoms with van der Waals surface area (Å²) in [5, 5.41) is 4.62. The molecule has 1 heterocycles. The van der Waals surface area contributed by atoms with Gasteiger partial charge < -0.3 is 10.6 Å². The third kappa shape index (κ3) is 5.47. The van der Waals surface area contributed by atoms with Crippen molar-refractivity contribution >= 4 is 11.6 Å². The van der Waals surface area contributed by atoms with E-state index in [1.165, 1.54) is 6.07 Å². The van der Waals surface area contributed by atoms with Crippen molar-refractivity contribution in [3.05, 3.63) is 58.4 Å². The van der Waals surface area contributed by atoms with Gasteiger partial charge in [0.05, 0.1) is 11.3 Å². The van der Waals surface area contributed by atoms with Crippen molar-refractivity contribution in [2.75, 3.05) is 6.54 Å². The van der Waals surface area contributed by atoms with Crippen LogP contribution in [-0.2, 0) is 36.8 Å². The topological polar surface area (TPSA) is 91.5 Å². The number of aromatic nitrogens is 2. The molecule has 3 rings (SSSR count). The summed E-state index contributed by atoms with van der Waals surface area (Å²) >= 11 is 0. The minimum atomic E-state index is -4.56. The highest BCUT2D eigenvalue weighted by Crippen LogP contribution is 2.38. The van der Waals surface area contributed by atoms with Crippen LogP contribution in [0.25, 0.3) is 5.70 Å². The number of aryl methyl sites for hydroxylation is 2. The first-order valence-corrected chi connectivity index (χ1v) is 11.1. The molecule has 0 atom stereocenters. The highest BCUT2D eigenvalue weighted by Gasteiger charge is 2.35. The summed E-state index contributed by atoms with van der Waals surface area (Å²) < 4.78 is 43.3. The number of fused-ring (bicyclic) bond motifs is 1. The van der Waals surface area contributed by atoms with Gasteiger partial charge in [0.15, 0.2) is 5.69 Å². The lowest BCUT2D eigenvalue weighted by Gasteiger charge is -2.30. The molecular formula is C24H32F3N5O. The third-order valence-corrected chi connectivity index (χ3v) is 6.08. The summed E-state index contributed by atoms with van der Waals surface area (Å²) in [4.78, 5) is 9.30.